The maximum Gasteiger partial charge on any atom is 0.0766 e. The van der Waals surface area contributed by atoms with Crippen molar-refractivity contribution in [3.05, 3.63) is 11.6 Å². The first-order valence-electron chi connectivity index (χ1n) is 5.62. The third-order valence-corrected chi connectivity index (χ3v) is 5.95. The molecule has 1 aromatic heterocycles. The van der Waals surface area contributed by atoms with Crippen LogP contribution in [0.25, 0.3) is 0 Å². The van der Waals surface area contributed by atoms with Gasteiger partial charge in [0.05, 0.1) is 8.42 Å². The highest BCUT2D eigenvalue weighted by atomic mass is 32.2. The van der Waals surface area contributed by atoms with E-state index in [1.165, 1.54) is 20.4 Å². The zero-order chi connectivity index (χ0) is 11.5. The first-order valence-corrected chi connectivity index (χ1v) is 8.13. The fraction of sp³-hybridized carbons (Fsp3) is 0.636. The molecule has 2 rings (SSSR count). The Morgan fingerprint density at radius 2 is 2.38 bits per heavy atom. The minimum absolute atomic E-state index is 0.554. The van der Waals surface area contributed by atoms with Crippen molar-refractivity contribution in [1.29, 1.82) is 0 Å². The molecule has 0 saturated heterocycles. The predicted molar refractivity (Wildman–Crippen MR) is 75.6 cm³/mol. The number of hydrogen-bond donors (Lipinski definition) is 2. The summed E-state index contributed by atoms with van der Waals surface area (Å²) in [6.45, 7) is 5.55. The van der Waals surface area contributed by atoms with E-state index < -0.39 is 0 Å². The van der Waals surface area contributed by atoms with E-state index >= 15 is 0 Å². The van der Waals surface area contributed by atoms with Gasteiger partial charge in [-0.15, -0.1) is 23.1 Å². The van der Waals surface area contributed by atoms with E-state index in [-0.39, 0.29) is 0 Å². The molecule has 0 radical (unpaired) electrons. The van der Waals surface area contributed by atoms with Crippen molar-refractivity contribution >= 4 is 35.0 Å². The van der Waals surface area contributed by atoms with Gasteiger partial charge in [-0.2, -0.15) is 0 Å². The van der Waals surface area contributed by atoms with Gasteiger partial charge in [-0.25, -0.2) is 0 Å². The molecular formula is C11H18N2S3. The highest BCUT2D eigenvalue weighted by Gasteiger charge is 2.26. The van der Waals surface area contributed by atoms with E-state index in [4.69, 9.17) is 0 Å². The first-order chi connectivity index (χ1) is 7.74. The molecule has 0 spiro atoms. The summed E-state index contributed by atoms with van der Waals surface area (Å²) in [5, 5.41) is 4.31. The number of nitrogens with one attached hydrogen (secondary N) is 2. The van der Waals surface area contributed by atoms with E-state index in [0.717, 1.165) is 11.8 Å². The summed E-state index contributed by atoms with van der Waals surface area (Å²) in [7, 11) is 1.97. The summed E-state index contributed by atoms with van der Waals surface area (Å²) in [4.78, 5) is 0. The van der Waals surface area contributed by atoms with Crippen LogP contribution >= 0.6 is 35.0 Å². The van der Waals surface area contributed by atoms with Crippen LogP contribution in [0.4, 0.5) is 0 Å². The maximum atomic E-state index is 3.59. The molecule has 0 saturated carbocycles. The van der Waals surface area contributed by atoms with Gasteiger partial charge >= 0.3 is 0 Å². The Hall–Kier alpha value is 0.320. The normalized spacial score (nSPS) is 24.4. The largest absolute Gasteiger partial charge is 0.310 e. The molecule has 2 atom stereocenters. The molecule has 1 aliphatic heterocycles. The van der Waals surface area contributed by atoms with Crippen molar-refractivity contribution in [2.75, 3.05) is 13.6 Å². The highest BCUT2D eigenvalue weighted by molar-refractivity contribution is 8.03. The van der Waals surface area contributed by atoms with Gasteiger partial charge in [-0.3, -0.25) is 4.72 Å². The van der Waals surface area contributed by atoms with Crippen LogP contribution in [0.1, 0.15) is 31.9 Å². The van der Waals surface area contributed by atoms with Gasteiger partial charge in [-0.05, 0) is 43.6 Å². The Morgan fingerprint density at radius 1 is 1.56 bits per heavy atom. The standard InChI is InChI=1S/C11H18N2S3/c1-4-13-9-5-7(2)14-11-8(9)6-10(15-11)16-12-3/h6-7,9,12-13H,4-5H2,1-3H3/t7-,9-/m0/s1. The molecule has 5 heteroatoms. The average molecular weight is 274 g/mol. The van der Waals surface area contributed by atoms with Crippen LogP contribution in [-0.4, -0.2) is 18.8 Å². The zero-order valence-electron chi connectivity index (χ0n) is 9.87. The van der Waals surface area contributed by atoms with Crippen molar-refractivity contribution in [1.82, 2.24) is 10.0 Å². The molecule has 0 fully saturated rings. The fourth-order valence-corrected chi connectivity index (χ4v) is 5.83. The highest BCUT2D eigenvalue weighted by Crippen LogP contribution is 2.47. The third-order valence-electron chi connectivity index (χ3n) is 2.61. The van der Waals surface area contributed by atoms with E-state index in [1.807, 2.05) is 30.1 Å². The van der Waals surface area contributed by atoms with Crippen molar-refractivity contribution in [3.8, 4) is 0 Å². The van der Waals surface area contributed by atoms with Gasteiger partial charge in [0.2, 0.25) is 0 Å². The SMILES string of the molecule is CCN[C@H]1C[C@H](C)Sc2sc(SNC)cc21. The summed E-state index contributed by atoms with van der Waals surface area (Å²) in [6, 6.07) is 2.90. The van der Waals surface area contributed by atoms with Crippen LogP contribution < -0.4 is 10.0 Å². The molecule has 0 amide bonds. The lowest BCUT2D eigenvalue weighted by Crippen LogP contribution is -2.25. The van der Waals surface area contributed by atoms with Crippen LogP contribution in [0, 0.1) is 0 Å². The molecule has 0 unspecified atom stereocenters. The zero-order valence-corrected chi connectivity index (χ0v) is 12.3. The molecule has 2 nitrogen and oxygen atoms in total. The minimum atomic E-state index is 0.554. The van der Waals surface area contributed by atoms with Gasteiger partial charge in [0.1, 0.15) is 0 Å². The first kappa shape index (κ1) is 12.8. The number of fused-ring (bicyclic) bond motifs is 1. The molecule has 2 heterocycles. The monoisotopic (exact) mass is 274 g/mol. The number of thiophene rings is 1. The fourth-order valence-electron chi connectivity index (χ4n) is 1.98. The van der Waals surface area contributed by atoms with Crippen LogP contribution in [0.15, 0.2) is 14.5 Å². The Bertz CT molecular complexity index is 351. The number of thioether (sulfide) groups is 1. The third kappa shape index (κ3) is 2.76. The molecule has 1 aliphatic rings. The second-order valence-electron chi connectivity index (χ2n) is 3.89. The van der Waals surface area contributed by atoms with Crippen molar-refractivity contribution < 1.29 is 0 Å². The molecular weight excluding hydrogens is 256 g/mol. The molecule has 2 N–H and O–H groups in total. The summed E-state index contributed by atoms with van der Waals surface area (Å²) in [5.74, 6) is 0. The molecule has 0 aliphatic carbocycles. The Morgan fingerprint density at radius 3 is 3.06 bits per heavy atom. The summed E-state index contributed by atoms with van der Waals surface area (Å²) in [6.07, 6.45) is 1.24. The van der Waals surface area contributed by atoms with E-state index in [1.54, 1.807) is 11.9 Å². The molecule has 90 valence electrons. The van der Waals surface area contributed by atoms with E-state index in [9.17, 15) is 0 Å². The van der Waals surface area contributed by atoms with Crippen LogP contribution in [0.5, 0.6) is 0 Å². The van der Waals surface area contributed by atoms with Crippen molar-refractivity contribution in [3.63, 3.8) is 0 Å². The van der Waals surface area contributed by atoms with Gasteiger partial charge in [-0.1, -0.05) is 13.8 Å². The van der Waals surface area contributed by atoms with Gasteiger partial charge in [0.25, 0.3) is 0 Å². The second-order valence-corrected chi connectivity index (χ2v) is 7.96. The summed E-state index contributed by atoms with van der Waals surface area (Å²) < 4.78 is 6.02. The predicted octanol–water partition coefficient (Wildman–Crippen LogP) is 3.51. The molecule has 1 aromatic rings. The molecule has 16 heavy (non-hydrogen) atoms. The van der Waals surface area contributed by atoms with Gasteiger partial charge < -0.3 is 5.32 Å². The summed E-state index contributed by atoms with van der Waals surface area (Å²) >= 11 is 5.66. The quantitative estimate of drug-likeness (QED) is 0.821. The smallest absolute Gasteiger partial charge is 0.0766 e. The van der Waals surface area contributed by atoms with Crippen LogP contribution in [0.3, 0.4) is 0 Å². The number of hydrogen-bond acceptors (Lipinski definition) is 5. The Balaban J connectivity index is 2.22. The summed E-state index contributed by atoms with van der Waals surface area (Å²) in [5.41, 5.74) is 1.51. The lowest BCUT2D eigenvalue weighted by molar-refractivity contribution is 0.503. The van der Waals surface area contributed by atoms with Crippen LogP contribution in [-0.2, 0) is 0 Å². The second kappa shape index (κ2) is 5.78. The average Bonchev–Trinajstić information content (AvgIpc) is 2.61. The Kier molecular flexibility index (Phi) is 4.61. The van der Waals surface area contributed by atoms with Gasteiger partial charge in [0.15, 0.2) is 0 Å². The van der Waals surface area contributed by atoms with Gasteiger partial charge in [0, 0.05) is 11.3 Å². The number of rotatable bonds is 4. The lowest BCUT2D eigenvalue weighted by atomic mass is 10.1. The van der Waals surface area contributed by atoms with E-state index in [2.05, 4.69) is 30.0 Å². The van der Waals surface area contributed by atoms with Crippen molar-refractivity contribution in [2.24, 2.45) is 0 Å². The minimum Gasteiger partial charge on any atom is -0.310 e. The Labute approximate surface area is 110 Å². The van der Waals surface area contributed by atoms with E-state index in [0.29, 0.717) is 6.04 Å². The lowest BCUT2D eigenvalue weighted by Gasteiger charge is -2.27. The molecule has 0 bridgehead atoms. The van der Waals surface area contributed by atoms with Crippen molar-refractivity contribution in [2.45, 2.75) is 40.0 Å². The molecule has 0 aromatic carbocycles. The van der Waals surface area contributed by atoms with Crippen LogP contribution in [0.2, 0.25) is 0 Å². The topological polar surface area (TPSA) is 24.1 Å². The maximum absolute atomic E-state index is 3.59.